The van der Waals surface area contributed by atoms with Crippen molar-refractivity contribution in [2.75, 3.05) is 37.5 Å². The summed E-state index contributed by atoms with van der Waals surface area (Å²) < 4.78 is 22.6. The van der Waals surface area contributed by atoms with Crippen LogP contribution in [0.25, 0.3) is 5.65 Å². The summed E-state index contributed by atoms with van der Waals surface area (Å²) in [6.45, 7) is 7.77. The van der Waals surface area contributed by atoms with Gasteiger partial charge in [0.05, 0.1) is 24.1 Å². The molecular weight excluding hydrogens is 409 g/mol. The molecule has 2 aromatic heterocycles. The van der Waals surface area contributed by atoms with E-state index >= 15 is 4.39 Å². The Morgan fingerprint density at radius 2 is 1.97 bits per heavy atom. The van der Waals surface area contributed by atoms with Crippen LogP contribution in [0.3, 0.4) is 0 Å². The minimum absolute atomic E-state index is 0.0821. The lowest BCUT2D eigenvalue weighted by Gasteiger charge is -2.38. The second kappa shape index (κ2) is 8.66. The predicted octanol–water partition coefficient (Wildman–Crippen LogP) is 3.06. The van der Waals surface area contributed by atoms with Crippen LogP contribution in [0.4, 0.5) is 21.5 Å². The lowest BCUT2D eigenvalue weighted by atomic mass is 10.1. The third-order valence-corrected chi connectivity index (χ3v) is 5.62. The number of methoxy groups -OCH3 is 1. The van der Waals surface area contributed by atoms with Crippen LogP contribution in [0.5, 0.6) is 5.75 Å². The number of nitrogens with zero attached hydrogens (tertiary/aromatic N) is 4. The molecule has 8 nitrogen and oxygen atoms in total. The molecule has 0 aliphatic carbocycles. The Kier molecular flexibility index (Phi) is 5.92. The first-order chi connectivity index (χ1) is 15.3. The van der Waals surface area contributed by atoms with Crippen molar-refractivity contribution in [2.24, 2.45) is 10.7 Å². The molecule has 1 aliphatic rings. The van der Waals surface area contributed by atoms with Gasteiger partial charge in [0.2, 0.25) is 0 Å². The number of aryl methyl sites for hydroxylation is 1. The molecule has 0 bridgehead atoms. The molecule has 3 aromatic rings. The maximum absolute atomic E-state index is 15.3. The number of amidine groups is 1. The Morgan fingerprint density at radius 3 is 2.62 bits per heavy atom. The first-order valence-electron chi connectivity index (χ1n) is 10.7. The SMILES string of the molecule is CNc1cc(N2CC(C)NC(C)C2)cc(F)c1C(N)=Nc1cc(OC)c2nc(C)cn2c1. The van der Waals surface area contributed by atoms with Crippen LogP contribution >= 0.6 is 0 Å². The number of rotatable bonds is 5. The average Bonchev–Trinajstić information content (AvgIpc) is 3.11. The van der Waals surface area contributed by atoms with Gasteiger partial charge in [-0.2, -0.15) is 0 Å². The van der Waals surface area contributed by atoms with Crippen LogP contribution in [0.15, 0.2) is 35.6 Å². The molecule has 0 spiro atoms. The lowest BCUT2D eigenvalue weighted by molar-refractivity contribution is 0.406. The highest BCUT2D eigenvalue weighted by atomic mass is 19.1. The number of fused-ring (bicyclic) bond motifs is 1. The van der Waals surface area contributed by atoms with Crippen LogP contribution < -0.4 is 26.0 Å². The summed E-state index contributed by atoms with van der Waals surface area (Å²) in [6, 6.07) is 5.84. The van der Waals surface area contributed by atoms with Crippen molar-refractivity contribution in [3.63, 3.8) is 0 Å². The monoisotopic (exact) mass is 439 g/mol. The summed E-state index contributed by atoms with van der Waals surface area (Å²) >= 11 is 0. The number of aromatic nitrogens is 2. The fourth-order valence-corrected chi connectivity index (χ4v) is 4.35. The number of nitrogens with two attached hydrogens (primary N) is 1. The van der Waals surface area contributed by atoms with Gasteiger partial charge >= 0.3 is 0 Å². The number of nitrogens with one attached hydrogen (secondary N) is 2. The Hall–Kier alpha value is -3.33. The summed E-state index contributed by atoms with van der Waals surface area (Å²) in [7, 11) is 3.33. The number of benzene rings is 1. The van der Waals surface area contributed by atoms with Gasteiger partial charge in [0.25, 0.3) is 0 Å². The van der Waals surface area contributed by atoms with Crippen LogP contribution in [-0.4, -0.2) is 54.6 Å². The third-order valence-electron chi connectivity index (χ3n) is 5.62. The fourth-order valence-electron chi connectivity index (χ4n) is 4.35. The normalized spacial score (nSPS) is 19.4. The predicted molar refractivity (Wildman–Crippen MR) is 127 cm³/mol. The molecule has 4 N–H and O–H groups in total. The van der Waals surface area contributed by atoms with Crippen molar-refractivity contribution in [1.29, 1.82) is 0 Å². The van der Waals surface area contributed by atoms with E-state index in [2.05, 4.69) is 39.4 Å². The maximum Gasteiger partial charge on any atom is 0.180 e. The molecule has 9 heteroatoms. The van der Waals surface area contributed by atoms with Crippen LogP contribution in [0.2, 0.25) is 0 Å². The number of piperazine rings is 1. The first kappa shape index (κ1) is 21.9. The summed E-state index contributed by atoms with van der Waals surface area (Å²) in [5.41, 5.74) is 10.0. The Bertz CT molecular complexity index is 1160. The lowest BCUT2D eigenvalue weighted by Crippen LogP contribution is -2.54. The van der Waals surface area contributed by atoms with Crippen molar-refractivity contribution in [3.8, 4) is 5.75 Å². The number of ether oxygens (including phenoxy) is 1. The van der Waals surface area contributed by atoms with Gasteiger partial charge in [0.15, 0.2) is 11.4 Å². The zero-order chi connectivity index (χ0) is 23.0. The highest BCUT2D eigenvalue weighted by molar-refractivity contribution is 6.04. The molecule has 0 radical (unpaired) electrons. The Balaban J connectivity index is 1.73. The number of pyridine rings is 1. The fraction of sp³-hybridized carbons (Fsp3) is 0.391. The molecule has 32 heavy (non-hydrogen) atoms. The standard InChI is InChI=1S/C23H30FN7O/c1-13-9-30(10-14(2)27-13)17-7-18(24)21(19(8-17)26-4)22(25)29-16-6-20(32-5)23-28-15(3)11-31(23)12-16/h6-8,11-14,26-27H,9-10H2,1-5H3,(H2,25,29). The average molecular weight is 440 g/mol. The van der Waals surface area contributed by atoms with Crippen molar-refractivity contribution >= 4 is 28.5 Å². The molecule has 170 valence electrons. The second-order valence-electron chi connectivity index (χ2n) is 8.35. The minimum Gasteiger partial charge on any atom is -0.493 e. The molecule has 3 heterocycles. The van der Waals surface area contributed by atoms with E-state index in [-0.39, 0.29) is 11.4 Å². The van der Waals surface area contributed by atoms with Gasteiger partial charge < -0.3 is 30.4 Å². The van der Waals surface area contributed by atoms with E-state index in [4.69, 9.17) is 10.5 Å². The molecule has 1 aromatic carbocycles. The van der Waals surface area contributed by atoms with E-state index in [1.165, 1.54) is 6.07 Å². The van der Waals surface area contributed by atoms with Crippen LogP contribution in [0.1, 0.15) is 25.1 Å². The quantitative estimate of drug-likeness (QED) is 0.418. The molecule has 0 amide bonds. The largest absolute Gasteiger partial charge is 0.493 e. The summed E-state index contributed by atoms with van der Waals surface area (Å²) in [4.78, 5) is 11.1. The first-order valence-corrected chi connectivity index (χ1v) is 10.7. The van der Waals surface area contributed by atoms with Crippen LogP contribution in [-0.2, 0) is 0 Å². The van der Waals surface area contributed by atoms with Gasteiger partial charge in [-0.15, -0.1) is 0 Å². The number of hydrogen-bond donors (Lipinski definition) is 3. The molecule has 2 unspecified atom stereocenters. The Labute approximate surface area is 187 Å². The summed E-state index contributed by atoms with van der Waals surface area (Å²) in [5.74, 6) is 0.232. The zero-order valence-electron chi connectivity index (χ0n) is 19.1. The summed E-state index contributed by atoms with van der Waals surface area (Å²) in [5, 5.41) is 6.57. The van der Waals surface area contributed by atoms with E-state index in [0.29, 0.717) is 34.9 Å². The number of aliphatic imine (C=N–C) groups is 1. The summed E-state index contributed by atoms with van der Waals surface area (Å²) in [6.07, 6.45) is 3.66. The molecule has 1 saturated heterocycles. The number of halogens is 1. The number of imidazole rings is 1. The van der Waals surface area contributed by atoms with E-state index in [1.54, 1.807) is 26.4 Å². The smallest absolute Gasteiger partial charge is 0.180 e. The molecular formula is C23H30FN7O. The van der Waals surface area contributed by atoms with E-state index in [9.17, 15) is 0 Å². The number of anilines is 2. The molecule has 1 fully saturated rings. The maximum atomic E-state index is 15.3. The molecule has 2 atom stereocenters. The van der Waals surface area contributed by atoms with Crippen molar-refractivity contribution < 1.29 is 9.13 Å². The topological polar surface area (TPSA) is 92.2 Å². The Morgan fingerprint density at radius 1 is 1.25 bits per heavy atom. The zero-order valence-corrected chi connectivity index (χ0v) is 19.1. The van der Waals surface area contributed by atoms with Gasteiger partial charge in [-0.25, -0.2) is 14.4 Å². The number of hydrogen-bond acceptors (Lipinski definition) is 6. The molecule has 4 rings (SSSR count). The van der Waals surface area contributed by atoms with E-state index < -0.39 is 5.82 Å². The highest BCUT2D eigenvalue weighted by Gasteiger charge is 2.23. The van der Waals surface area contributed by atoms with Gasteiger partial charge in [0.1, 0.15) is 11.7 Å². The van der Waals surface area contributed by atoms with Gasteiger partial charge in [-0.1, -0.05) is 0 Å². The molecule has 1 aliphatic heterocycles. The van der Waals surface area contributed by atoms with Crippen molar-refractivity contribution in [3.05, 3.63) is 47.7 Å². The van der Waals surface area contributed by atoms with E-state index in [0.717, 1.165) is 24.5 Å². The molecule has 0 saturated carbocycles. The van der Waals surface area contributed by atoms with Gasteiger partial charge in [-0.05, 0) is 32.9 Å². The highest BCUT2D eigenvalue weighted by Crippen LogP contribution is 2.30. The third kappa shape index (κ3) is 4.20. The van der Waals surface area contributed by atoms with Crippen molar-refractivity contribution in [1.82, 2.24) is 14.7 Å². The van der Waals surface area contributed by atoms with Gasteiger partial charge in [0, 0.05) is 62.1 Å². The minimum atomic E-state index is -0.418. The van der Waals surface area contributed by atoms with Gasteiger partial charge in [-0.3, -0.25) is 0 Å². The van der Waals surface area contributed by atoms with E-state index in [1.807, 2.05) is 23.6 Å². The van der Waals surface area contributed by atoms with Crippen LogP contribution in [0, 0.1) is 12.7 Å². The second-order valence-corrected chi connectivity index (χ2v) is 8.35. The van der Waals surface area contributed by atoms with Crippen molar-refractivity contribution in [2.45, 2.75) is 32.9 Å².